The van der Waals surface area contributed by atoms with Crippen molar-refractivity contribution >= 4 is 54.5 Å². The molecule has 5 aromatic carbocycles. The highest BCUT2D eigenvalue weighted by atomic mass is 15.0. The Balaban J connectivity index is 1.15. The van der Waals surface area contributed by atoms with Crippen LogP contribution >= 0.6 is 0 Å². The van der Waals surface area contributed by atoms with Crippen LogP contribution in [0, 0.1) is 0 Å². The standard InChI is InChI=1S/C43H27N5/c1-3-10-32(11-4-1)47-39-16-14-30(23-35(39)34-18-20-45-26-41(34)47)28-8-7-9-29(22-28)31-15-17-40-36(24-31)43-37-25-44-21-19-38(37)46-27-42(43)48(40)33-12-5-2-6-13-33/h1-27H. The van der Waals surface area contributed by atoms with E-state index >= 15 is 0 Å². The Morgan fingerprint density at radius 3 is 1.71 bits per heavy atom. The molecule has 48 heavy (non-hydrogen) atoms. The molecule has 0 saturated heterocycles. The number of para-hydroxylation sites is 2. The van der Waals surface area contributed by atoms with Crippen molar-refractivity contribution in [1.82, 2.24) is 24.1 Å². The molecule has 0 aliphatic carbocycles. The molecule has 0 amide bonds. The molecular weight excluding hydrogens is 587 g/mol. The quantitative estimate of drug-likeness (QED) is 0.198. The summed E-state index contributed by atoms with van der Waals surface area (Å²) in [6.45, 7) is 0. The molecule has 5 nitrogen and oxygen atoms in total. The summed E-state index contributed by atoms with van der Waals surface area (Å²) in [6.07, 6.45) is 9.58. The van der Waals surface area contributed by atoms with Crippen molar-refractivity contribution in [1.29, 1.82) is 0 Å². The first kappa shape index (κ1) is 26.6. The number of hydrogen-bond donors (Lipinski definition) is 0. The Kier molecular flexibility index (Phi) is 5.81. The highest BCUT2D eigenvalue weighted by molar-refractivity contribution is 6.20. The molecule has 0 aliphatic heterocycles. The second kappa shape index (κ2) is 10.5. The predicted octanol–water partition coefficient (Wildman–Crippen LogP) is 10.6. The summed E-state index contributed by atoms with van der Waals surface area (Å²) >= 11 is 0. The number of fused-ring (bicyclic) bond motifs is 8. The van der Waals surface area contributed by atoms with Gasteiger partial charge < -0.3 is 9.13 Å². The monoisotopic (exact) mass is 613 g/mol. The van der Waals surface area contributed by atoms with Gasteiger partial charge in [0.15, 0.2) is 0 Å². The fraction of sp³-hybridized carbons (Fsp3) is 0. The Morgan fingerprint density at radius 1 is 0.375 bits per heavy atom. The van der Waals surface area contributed by atoms with Crippen LogP contribution < -0.4 is 0 Å². The summed E-state index contributed by atoms with van der Waals surface area (Å²) in [5.41, 5.74) is 12.3. The number of pyridine rings is 3. The Bertz CT molecular complexity index is 2830. The third kappa shape index (κ3) is 4.01. The van der Waals surface area contributed by atoms with Gasteiger partial charge in [0.1, 0.15) is 0 Å². The van der Waals surface area contributed by atoms with Gasteiger partial charge in [-0.25, -0.2) is 0 Å². The smallest absolute Gasteiger partial charge is 0.0740 e. The first-order valence-corrected chi connectivity index (χ1v) is 16.1. The van der Waals surface area contributed by atoms with E-state index in [1.807, 2.05) is 37.1 Å². The number of benzene rings is 5. The normalized spacial score (nSPS) is 11.8. The highest BCUT2D eigenvalue weighted by Crippen LogP contribution is 2.39. The van der Waals surface area contributed by atoms with Gasteiger partial charge in [0.05, 0.1) is 40.0 Å². The Labute approximate surface area is 276 Å². The Hall–Kier alpha value is -6.59. The molecule has 0 bridgehead atoms. The van der Waals surface area contributed by atoms with E-state index in [2.05, 4.69) is 146 Å². The third-order valence-corrected chi connectivity index (χ3v) is 9.52. The maximum Gasteiger partial charge on any atom is 0.0740 e. The van der Waals surface area contributed by atoms with Crippen LogP contribution in [0.25, 0.3) is 88.1 Å². The van der Waals surface area contributed by atoms with E-state index in [1.165, 1.54) is 43.8 Å². The molecule has 0 aliphatic rings. The number of rotatable bonds is 4. The van der Waals surface area contributed by atoms with E-state index in [0.717, 1.165) is 44.4 Å². The zero-order valence-electron chi connectivity index (χ0n) is 25.8. The van der Waals surface area contributed by atoms with Crippen molar-refractivity contribution in [3.8, 4) is 33.6 Å². The molecule has 0 spiro atoms. The predicted molar refractivity (Wildman–Crippen MR) is 197 cm³/mol. The van der Waals surface area contributed by atoms with Gasteiger partial charge in [-0.1, -0.05) is 66.7 Å². The first-order valence-electron chi connectivity index (χ1n) is 16.1. The van der Waals surface area contributed by atoms with Crippen LogP contribution in [-0.4, -0.2) is 24.1 Å². The summed E-state index contributed by atoms with van der Waals surface area (Å²) in [4.78, 5) is 13.8. The van der Waals surface area contributed by atoms with E-state index in [9.17, 15) is 0 Å². The molecule has 224 valence electrons. The van der Waals surface area contributed by atoms with Crippen molar-refractivity contribution in [2.75, 3.05) is 0 Å². The molecule has 10 aromatic rings. The van der Waals surface area contributed by atoms with Gasteiger partial charge in [-0.05, 0) is 89.0 Å². The Morgan fingerprint density at radius 2 is 0.979 bits per heavy atom. The van der Waals surface area contributed by atoms with Gasteiger partial charge in [-0.15, -0.1) is 0 Å². The largest absolute Gasteiger partial charge is 0.308 e. The lowest BCUT2D eigenvalue weighted by Crippen LogP contribution is -1.93. The molecule has 0 atom stereocenters. The van der Waals surface area contributed by atoms with Crippen molar-refractivity contribution in [2.45, 2.75) is 0 Å². The van der Waals surface area contributed by atoms with Crippen LogP contribution in [0.3, 0.4) is 0 Å². The second-order valence-corrected chi connectivity index (χ2v) is 12.2. The first-order chi connectivity index (χ1) is 23.8. The van der Waals surface area contributed by atoms with E-state index in [-0.39, 0.29) is 0 Å². The van der Waals surface area contributed by atoms with Gasteiger partial charge in [0, 0.05) is 56.9 Å². The van der Waals surface area contributed by atoms with Crippen molar-refractivity contribution < 1.29 is 0 Å². The lowest BCUT2D eigenvalue weighted by atomic mass is 9.97. The third-order valence-electron chi connectivity index (χ3n) is 9.52. The highest BCUT2D eigenvalue weighted by Gasteiger charge is 2.17. The number of nitrogens with zero attached hydrogens (tertiary/aromatic N) is 5. The summed E-state index contributed by atoms with van der Waals surface area (Å²) in [5.74, 6) is 0. The van der Waals surface area contributed by atoms with Crippen molar-refractivity contribution in [2.24, 2.45) is 0 Å². The molecule has 10 rings (SSSR count). The van der Waals surface area contributed by atoms with Gasteiger partial charge in [0.25, 0.3) is 0 Å². The molecule has 0 radical (unpaired) electrons. The number of aromatic nitrogens is 5. The van der Waals surface area contributed by atoms with Crippen LogP contribution in [0.5, 0.6) is 0 Å². The average Bonchev–Trinajstić information content (AvgIpc) is 3.68. The minimum Gasteiger partial charge on any atom is -0.308 e. The van der Waals surface area contributed by atoms with Crippen LogP contribution in [0.4, 0.5) is 0 Å². The van der Waals surface area contributed by atoms with Crippen LogP contribution in [0.2, 0.25) is 0 Å². The van der Waals surface area contributed by atoms with E-state index < -0.39 is 0 Å². The van der Waals surface area contributed by atoms with Gasteiger partial charge >= 0.3 is 0 Å². The van der Waals surface area contributed by atoms with Gasteiger partial charge in [-0.2, -0.15) is 0 Å². The lowest BCUT2D eigenvalue weighted by molar-refractivity contribution is 1.17. The fourth-order valence-electron chi connectivity index (χ4n) is 7.36. The van der Waals surface area contributed by atoms with Crippen molar-refractivity contribution in [3.63, 3.8) is 0 Å². The SMILES string of the molecule is c1ccc(-n2c3ccc(-c4cccc(-c5ccc6c(c5)c5c7cnccc7ncc5n6-c5ccccc5)c4)cc3c3ccncc32)cc1. The van der Waals surface area contributed by atoms with Crippen LogP contribution in [-0.2, 0) is 0 Å². The van der Waals surface area contributed by atoms with Crippen LogP contribution in [0.1, 0.15) is 0 Å². The maximum absolute atomic E-state index is 4.81. The number of hydrogen-bond acceptors (Lipinski definition) is 3. The average molecular weight is 614 g/mol. The zero-order chi connectivity index (χ0) is 31.6. The van der Waals surface area contributed by atoms with E-state index in [4.69, 9.17) is 4.98 Å². The molecular formula is C43H27N5. The van der Waals surface area contributed by atoms with Crippen LogP contribution in [0.15, 0.2) is 164 Å². The fourth-order valence-corrected chi connectivity index (χ4v) is 7.36. The topological polar surface area (TPSA) is 48.5 Å². The molecule has 5 heteroatoms. The lowest BCUT2D eigenvalue weighted by Gasteiger charge is -2.10. The molecule has 5 aromatic heterocycles. The summed E-state index contributed by atoms with van der Waals surface area (Å²) < 4.78 is 4.61. The molecule has 0 N–H and O–H groups in total. The summed E-state index contributed by atoms with van der Waals surface area (Å²) in [5, 5.41) is 5.81. The minimum atomic E-state index is 0.941. The van der Waals surface area contributed by atoms with Crippen molar-refractivity contribution in [3.05, 3.63) is 164 Å². The van der Waals surface area contributed by atoms with E-state index in [1.54, 1.807) is 0 Å². The molecule has 0 fully saturated rings. The molecule has 0 saturated carbocycles. The molecule has 5 heterocycles. The summed E-state index contributed by atoms with van der Waals surface area (Å²) in [6, 6.07) is 47.6. The zero-order valence-corrected chi connectivity index (χ0v) is 25.8. The van der Waals surface area contributed by atoms with Gasteiger partial charge in [0.2, 0.25) is 0 Å². The minimum absolute atomic E-state index is 0.941. The second-order valence-electron chi connectivity index (χ2n) is 12.2. The van der Waals surface area contributed by atoms with Gasteiger partial charge in [-0.3, -0.25) is 15.0 Å². The maximum atomic E-state index is 4.81. The van der Waals surface area contributed by atoms with E-state index in [0.29, 0.717) is 0 Å². The summed E-state index contributed by atoms with van der Waals surface area (Å²) in [7, 11) is 0. The molecule has 0 unspecified atom stereocenters.